The van der Waals surface area contributed by atoms with Gasteiger partial charge in [-0.25, -0.2) is 4.79 Å². The van der Waals surface area contributed by atoms with Crippen molar-refractivity contribution in [3.8, 4) is 0 Å². The summed E-state index contributed by atoms with van der Waals surface area (Å²) >= 11 is 0. The number of aryl methyl sites for hydroxylation is 1. The number of hydrogen-bond donors (Lipinski definition) is 4. The number of fused-ring (bicyclic) bond motifs is 1. The molecule has 0 aromatic heterocycles. The average molecular weight is 367 g/mol. The summed E-state index contributed by atoms with van der Waals surface area (Å²) in [7, 11) is 0. The van der Waals surface area contributed by atoms with Gasteiger partial charge >= 0.3 is 5.97 Å². The molecule has 0 saturated heterocycles. The van der Waals surface area contributed by atoms with Crippen molar-refractivity contribution in [2.24, 2.45) is 5.73 Å². The van der Waals surface area contributed by atoms with Gasteiger partial charge in [-0.05, 0) is 42.1 Å². The maximum absolute atomic E-state index is 12.5. The van der Waals surface area contributed by atoms with Gasteiger partial charge in [0.25, 0.3) is 0 Å². The van der Waals surface area contributed by atoms with E-state index in [0.717, 1.165) is 29.7 Å². The first-order valence-corrected chi connectivity index (χ1v) is 9.22. The summed E-state index contributed by atoms with van der Waals surface area (Å²) in [6.07, 6.45) is 2.46. The largest absolute Gasteiger partial charge is 0.480 e. The molecule has 27 heavy (non-hydrogen) atoms. The minimum absolute atomic E-state index is 0.115. The van der Waals surface area contributed by atoms with Gasteiger partial charge in [0.05, 0.1) is 12.5 Å². The second-order valence-corrected chi connectivity index (χ2v) is 6.86. The van der Waals surface area contributed by atoms with Crippen molar-refractivity contribution in [3.63, 3.8) is 0 Å². The summed E-state index contributed by atoms with van der Waals surface area (Å²) < 4.78 is 0. The van der Waals surface area contributed by atoms with Gasteiger partial charge in [-0.15, -0.1) is 0 Å². The molecule has 2 atom stereocenters. The van der Waals surface area contributed by atoms with Crippen molar-refractivity contribution in [2.45, 2.75) is 37.8 Å². The molecule has 1 aliphatic heterocycles. The molecule has 142 valence electrons. The molecule has 0 bridgehead atoms. The van der Waals surface area contributed by atoms with Crippen molar-refractivity contribution in [1.29, 1.82) is 0 Å². The molecule has 3 rings (SSSR count). The first-order valence-electron chi connectivity index (χ1n) is 9.22. The van der Waals surface area contributed by atoms with Gasteiger partial charge in [0.1, 0.15) is 6.04 Å². The first-order chi connectivity index (χ1) is 13.1. The molecule has 2 unspecified atom stereocenters. The number of nitrogens with one attached hydrogen (secondary N) is 2. The smallest absolute Gasteiger partial charge is 0.326 e. The number of amides is 1. The van der Waals surface area contributed by atoms with Crippen LogP contribution in [-0.2, 0) is 22.4 Å². The molecule has 0 spiro atoms. The van der Waals surface area contributed by atoms with Gasteiger partial charge in [0.15, 0.2) is 0 Å². The van der Waals surface area contributed by atoms with Crippen LogP contribution in [0.5, 0.6) is 0 Å². The highest BCUT2D eigenvalue weighted by atomic mass is 16.4. The molecule has 5 N–H and O–H groups in total. The second-order valence-electron chi connectivity index (χ2n) is 6.86. The normalized spacial score (nSPS) is 18.3. The zero-order valence-corrected chi connectivity index (χ0v) is 15.2. The van der Waals surface area contributed by atoms with E-state index in [-0.39, 0.29) is 18.4 Å². The van der Waals surface area contributed by atoms with Crippen LogP contribution in [0.15, 0.2) is 48.5 Å². The predicted octanol–water partition coefficient (Wildman–Crippen LogP) is 2.25. The van der Waals surface area contributed by atoms with Crippen LogP contribution in [0.25, 0.3) is 0 Å². The van der Waals surface area contributed by atoms with Crippen LogP contribution >= 0.6 is 0 Å². The van der Waals surface area contributed by atoms with Gasteiger partial charge < -0.3 is 21.5 Å². The number of carbonyl (C=O) groups is 2. The Balaban J connectivity index is 1.65. The van der Waals surface area contributed by atoms with Crippen LogP contribution in [-0.4, -0.2) is 29.6 Å². The molecule has 6 heteroatoms. The zero-order valence-electron chi connectivity index (χ0n) is 15.2. The molecule has 0 saturated carbocycles. The highest BCUT2D eigenvalue weighted by molar-refractivity contribution is 5.82. The van der Waals surface area contributed by atoms with Gasteiger partial charge in [-0.2, -0.15) is 0 Å². The zero-order chi connectivity index (χ0) is 19.2. The number of carbonyl (C=O) groups excluding carboxylic acids is 1. The first kappa shape index (κ1) is 18.9. The molecule has 1 amide bonds. The number of aliphatic carboxylic acids is 1. The number of anilines is 1. The number of carboxylic acids is 1. The van der Waals surface area contributed by atoms with E-state index < -0.39 is 12.0 Å². The number of para-hydroxylation sites is 1. The SMILES string of the molecule is NCCCc1ccc(CC(=O)NC2CC(C(=O)O)Nc3ccccc32)cc1. The molecule has 2 aromatic carbocycles. The number of nitrogens with two attached hydrogens (primary N) is 1. The fourth-order valence-electron chi connectivity index (χ4n) is 3.40. The molecule has 2 aromatic rings. The minimum Gasteiger partial charge on any atom is -0.480 e. The number of carboxylic acid groups (broad SMARTS) is 1. The maximum Gasteiger partial charge on any atom is 0.326 e. The van der Waals surface area contributed by atoms with Crippen LogP contribution in [0.1, 0.15) is 35.6 Å². The highest BCUT2D eigenvalue weighted by Crippen LogP contribution is 2.32. The van der Waals surface area contributed by atoms with Crippen molar-refractivity contribution in [2.75, 3.05) is 11.9 Å². The van der Waals surface area contributed by atoms with Gasteiger partial charge in [-0.1, -0.05) is 42.5 Å². The van der Waals surface area contributed by atoms with Gasteiger partial charge in [0.2, 0.25) is 5.91 Å². The highest BCUT2D eigenvalue weighted by Gasteiger charge is 2.31. The van der Waals surface area contributed by atoms with Crippen molar-refractivity contribution in [1.82, 2.24) is 5.32 Å². The number of benzene rings is 2. The fourth-order valence-corrected chi connectivity index (χ4v) is 3.40. The molecule has 0 fully saturated rings. The van der Waals surface area contributed by atoms with Crippen LogP contribution < -0.4 is 16.4 Å². The van der Waals surface area contributed by atoms with Crippen LogP contribution in [0, 0.1) is 0 Å². The lowest BCUT2D eigenvalue weighted by Crippen LogP contribution is -2.41. The van der Waals surface area contributed by atoms with E-state index in [2.05, 4.69) is 10.6 Å². The van der Waals surface area contributed by atoms with E-state index >= 15 is 0 Å². The molecule has 0 radical (unpaired) electrons. The summed E-state index contributed by atoms with van der Waals surface area (Å²) in [5.41, 5.74) is 9.34. The lowest BCUT2D eigenvalue weighted by molar-refractivity contribution is -0.138. The van der Waals surface area contributed by atoms with Crippen molar-refractivity contribution >= 4 is 17.6 Å². The van der Waals surface area contributed by atoms with Crippen molar-refractivity contribution < 1.29 is 14.7 Å². The molecule has 1 heterocycles. The van der Waals surface area contributed by atoms with E-state index in [0.29, 0.717) is 13.0 Å². The van der Waals surface area contributed by atoms with Crippen LogP contribution in [0.3, 0.4) is 0 Å². The van der Waals surface area contributed by atoms with E-state index in [9.17, 15) is 14.7 Å². The molecular formula is C21H25N3O3. The molecular weight excluding hydrogens is 342 g/mol. The monoisotopic (exact) mass is 367 g/mol. The summed E-state index contributed by atoms with van der Waals surface area (Å²) in [6, 6.07) is 14.4. The van der Waals surface area contributed by atoms with Crippen molar-refractivity contribution in [3.05, 3.63) is 65.2 Å². The molecule has 1 aliphatic rings. The van der Waals surface area contributed by atoms with Crippen LogP contribution in [0.2, 0.25) is 0 Å². The quantitative estimate of drug-likeness (QED) is 0.601. The van der Waals surface area contributed by atoms with E-state index in [4.69, 9.17) is 5.73 Å². The molecule has 0 aliphatic carbocycles. The summed E-state index contributed by atoms with van der Waals surface area (Å²) in [6.45, 7) is 0.666. The predicted molar refractivity (Wildman–Crippen MR) is 105 cm³/mol. The van der Waals surface area contributed by atoms with Gasteiger partial charge in [0, 0.05) is 12.1 Å². The Hall–Kier alpha value is -2.86. The third kappa shape index (κ3) is 4.86. The summed E-state index contributed by atoms with van der Waals surface area (Å²) in [4.78, 5) is 23.9. The lowest BCUT2D eigenvalue weighted by atomic mass is 9.92. The van der Waals surface area contributed by atoms with E-state index in [1.54, 1.807) is 0 Å². The fraction of sp³-hybridized carbons (Fsp3) is 0.333. The number of hydrogen-bond acceptors (Lipinski definition) is 4. The Morgan fingerprint density at radius 1 is 1.11 bits per heavy atom. The Bertz CT molecular complexity index is 805. The Kier molecular flexibility index (Phi) is 6.08. The molecule has 6 nitrogen and oxygen atoms in total. The maximum atomic E-state index is 12.5. The number of rotatable bonds is 7. The second kappa shape index (κ2) is 8.68. The topological polar surface area (TPSA) is 104 Å². The Morgan fingerprint density at radius 2 is 1.81 bits per heavy atom. The minimum atomic E-state index is -0.920. The summed E-state index contributed by atoms with van der Waals surface area (Å²) in [5.74, 6) is -1.03. The Labute approximate surface area is 158 Å². The average Bonchev–Trinajstić information content (AvgIpc) is 2.67. The lowest BCUT2D eigenvalue weighted by Gasteiger charge is -2.31. The van der Waals surface area contributed by atoms with E-state index in [1.165, 1.54) is 5.56 Å². The van der Waals surface area contributed by atoms with Crippen LogP contribution in [0.4, 0.5) is 5.69 Å². The van der Waals surface area contributed by atoms with Gasteiger partial charge in [-0.3, -0.25) is 4.79 Å². The third-order valence-electron chi connectivity index (χ3n) is 4.83. The standard InChI is InChI=1S/C21H25N3O3/c22-11-3-4-14-7-9-15(10-8-14)12-20(25)24-18-13-19(21(26)27)23-17-6-2-1-5-16(17)18/h1-2,5-10,18-19,23H,3-4,11-13,22H2,(H,24,25)(H,26,27). The third-order valence-corrected chi connectivity index (χ3v) is 4.83. The van der Waals surface area contributed by atoms with E-state index in [1.807, 2.05) is 48.5 Å². The summed E-state index contributed by atoms with van der Waals surface area (Å²) in [5, 5.41) is 15.4. The Morgan fingerprint density at radius 3 is 2.52 bits per heavy atom.